The Balaban J connectivity index is 1.26. The molecule has 0 spiro atoms. The van der Waals surface area contributed by atoms with E-state index in [1.54, 1.807) is 0 Å². The molecule has 5 nitrogen and oxygen atoms in total. The second-order valence-electron chi connectivity index (χ2n) is 25.5. The van der Waals surface area contributed by atoms with Gasteiger partial charge >= 0.3 is 0 Å². The molecule has 0 fully saturated rings. The molecule has 7 aromatic rings. The van der Waals surface area contributed by atoms with Crippen LogP contribution in [0.15, 0.2) is 127 Å². The van der Waals surface area contributed by atoms with Gasteiger partial charge in [0.25, 0.3) is 0 Å². The molecule has 0 amide bonds. The Morgan fingerprint density at radius 3 is 1.62 bits per heavy atom. The van der Waals surface area contributed by atoms with Gasteiger partial charge in [0.05, 0.1) is 17.7 Å². The highest BCUT2D eigenvalue weighted by Crippen LogP contribution is 2.50. The maximum atomic E-state index is 7.13. The lowest BCUT2D eigenvalue weighted by atomic mass is 9.81. The minimum atomic E-state index is -0.166. The number of allylic oxidation sites excluding steroid dienone is 2. The average molecular weight is 921 g/mol. The lowest BCUT2D eigenvalue weighted by Crippen LogP contribution is -2.31. The molecular formula is C64H80N4O. The smallest absolute Gasteiger partial charge is 0.137 e. The maximum Gasteiger partial charge on any atom is 0.137 e. The molecule has 0 N–H and O–H groups in total. The third-order valence-corrected chi connectivity index (χ3v) is 14.0. The van der Waals surface area contributed by atoms with E-state index < -0.39 is 0 Å². The van der Waals surface area contributed by atoms with Crippen molar-refractivity contribution < 1.29 is 4.74 Å². The van der Waals surface area contributed by atoms with Crippen LogP contribution < -0.4 is 14.5 Å². The van der Waals surface area contributed by atoms with Crippen LogP contribution in [0.1, 0.15) is 171 Å². The van der Waals surface area contributed by atoms with Gasteiger partial charge in [-0.3, -0.25) is 4.57 Å². The first-order valence-electron chi connectivity index (χ1n) is 25.5. The van der Waals surface area contributed by atoms with E-state index in [2.05, 4.69) is 255 Å². The van der Waals surface area contributed by atoms with Crippen molar-refractivity contribution in [2.24, 2.45) is 10.8 Å². The summed E-state index contributed by atoms with van der Waals surface area (Å²) in [5.74, 6) is 3.38. The van der Waals surface area contributed by atoms with Gasteiger partial charge in [0.2, 0.25) is 0 Å². The summed E-state index contributed by atoms with van der Waals surface area (Å²) < 4.78 is 9.47. The zero-order valence-corrected chi connectivity index (χ0v) is 45.5. The summed E-state index contributed by atoms with van der Waals surface area (Å²) in [6.45, 7) is 44.7. The molecule has 69 heavy (non-hydrogen) atoms. The first kappa shape index (κ1) is 49.6. The summed E-state index contributed by atoms with van der Waals surface area (Å²) in [6, 6.07) is 40.9. The topological polar surface area (TPSA) is 33.5 Å². The Morgan fingerprint density at radius 1 is 0.493 bits per heavy atom. The van der Waals surface area contributed by atoms with E-state index in [0.717, 1.165) is 34.0 Å². The van der Waals surface area contributed by atoms with Crippen molar-refractivity contribution in [1.82, 2.24) is 9.55 Å². The lowest BCUT2D eigenvalue weighted by molar-refractivity contribution is 0.444. The summed E-state index contributed by atoms with van der Waals surface area (Å²) in [5.41, 5.74) is 16.0. The van der Waals surface area contributed by atoms with Crippen LogP contribution in [-0.2, 0) is 16.2 Å². The van der Waals surface area contributed by atoms with Gasteiger partial charge < -0.3 is 14.5 Å². The molecule has 362 valence electrons. The Kier molecular flexibility index (Phi) is 12.6. The second-order valence-corrected chi connectivity index (χ2v) is 25.5. The number of benzene rings is 5. The number of aromatic nitrogens is 2. The van der Waals surface area contributed by atoms with Gasteiger partial charge in [0.15, 0.2) is 0 Å². The fourth-order valence-corrected chi connectivity index (χ4v) is 10.5. The van der Waals surface area contributed by atoms with Crippen LogP contribution in [0, 0.1) is 10.8 Å². The normalized spacial score (nSPS) is 14.4. The highest BCUT2D eigenvalue weighted by atomic mass is 16.5. The summed E-state index contributed by atoms with van der Waals surface area (Å²) in [5, 5.41) is 2.45. The van der Waals surface area contributed by atoms with Crippen LogP contribution in [0.5, 0.6) is 11.5 Å². The number of rotatable bonds is 8. The number of pyridine rings is 1. The quantitative estimate of drug-likeness (QED) is 0.152. The summed E-state index contributed by atoms with van der Waals surface area (Å²) >= 11 is 0. The van der Waals surface area contributed by atoms with Crippen LogP contribution in [0.3, 0.4) is 0 Å². The minimum Gasteiger partial charge on any atom is -0.457 e. The fraction of sp³-hybridized carbons (Fsp3) is 0.422. The predicted molar refractivity (Wildman–Crippen MR) is 297 cm³/mol. The highest BCUT2D eigenvalue weighted by molar-refractivity contribution is 6.11. The monoisotopic (exact) mass is 921 g/mol. The zero-order valence-electron chi connectivity index (χ0n) is 45.5. The molecule has 0 radical (unpaired) electrons. The molecule has 3 heterocycles. The molecule has 1 aliphatic heterocycles. The molecule has 2 aromatic heterocycles. The first-order chi connectivity index (χ1) is 32.0. The van der Waals surface area contributed by atoms with Gasteiger partial charge in [0, 0.05) is 62.7 Å². The van der Waals surface area contributed by atoms with Gasteiger partial charge in [-0.25, -0.2) is 4.98 Å². The van der Waals surface area contributed by atoms with E-state index in [-0.39, 0.29) is 27.1 Å². The summed E-state index contributed by atoms with van der Waals surface area (Å²) in [6.07, 6.45) is 1.95. The molecule has 1 aliphatic rings. The van der Waals surface area contributed by atoms with Crippen LogP contribution >= 0.6 is 0 Å². The van der Waals surface area contributed by atoms with Crippen LogP contribution in [0.2, 0.25) is 0 Å². The first-order valence-corrected chi connectivity index (χ1v) is 25.5. The summed E-state index contributed by atoms with van der Waals surface area (Å²) in [4.78, 5) is 10.1. The van der Waals surface area contributed by atoms with Crippen molar-refractivity contribution in [2.75, 3.05) is 16.5 Å². The van der Waals surface area contributed by atoms with Crippen LogP contribution in [0.25, 0.3) is 38.8 Å². The van der Waals surface area contributed by atoms with E-state index in [0.29, 0.717) is 18.5 Å². The number of fused-ring (bicyclic) bond motifs is 3. The maximum absolute atomic E-state index is 7.13. The number of anilines is 2. The third kappa shape index (κ3) is 9.60. The molecule has 0 saturated heterocycles. The lowest BCUT2D eigenvalue weighted by Gasteiger charge is -2.34. The minimum absolute atomic E-state index is 0.0262. The number of nitrogens with zero attached hydrogens (tertiary/aromatic N) is 4. The number of ether oxygens (including phenoxy) is 1. The Hall–Kier alpha value is -5.81. The molecule has 0 bridgehead atoms. The van der Waals surface area contributed by atoms with Crippen molar-refractivity contribution in [3.05, 3.63) is 155 Å². The van der Waals surface area contributed by atoms with Gasteiger partial charge in [-0.15, -0.1) is 0 Å². The third-order valence-electron chi connectivity index (χ3n) is 14.0. The fourth-order valence-electron chi connectivity index (χ4n) is 10.5. The second kappa shape index (κ2) is 17.5. The standard InChI is InChI=1S/C64H80N4O/c1-40(2)49-22-20-23-50(41(3)4)56(49)42-26-28-45(29-27-42)66-39-67(59(64(17,18)19)58(66)63(14,15)16)46-34-44(61(8,9)10)35-48(37-46)69-47-30-31-51-54(38-47)68(55-36-43(32-33-65-55)60(5,6)7)53-25-21-24-52(57(51)53)62(11,12)13/h20-38,40-41H,39H2,1-19H3. The van der Waals surface area contributed by atoms with E-state index >= 15 is 0 Å². The Morgan fingerprint density at radius 2 is 1.07 bits per heavy atom. The van der Waals surface area contributed by atoms with E-state index in [9.17, 15) is 0 Å². The van der Waals surface area contributed by atoms with E-state index in [4.69, 9.17) is 9.72 Å². The molecule has 0 saturated carbocycles. The van der Waals surface area contributed by atoms with Crippen molar-refractivity contribution >= 4 is 33.2 Å². The van der Waals surface area contributed by atoms with Crippen LogP contribution in [0.4, 0.5) is 11.4 Å². The SMILES string of the molecule is CC(C)c1cccc(C(C)C)c1-c1ccc(N2CN(c3cc(Oc4ccc5c6c(C(C)(C)C)cccc6n(-c6cc(C(C)(C)C)ccn6)c5c4)cc(C(C)(C)C)c3)C(C(C)(C)C)=C2C(C)(C)C)cc1. The largest absolute Gasteiger partial charge is 0.457 e. The van der Waals surface area contributed by atoms with Crippen molar-refractivity contribution in [3.63, 3.8) is 0 Å². The van der Waals surface area contributed by atoms with E-state index in [1.165, 1.54) is 66.8 Å². The number of hydrogen-bond acceptors (Lipinski definition) is 4. The van der Waals surface area contributed by atoms with Gasteiger partial charge in [0.1, 0.15) is 17.3 Å². The zero-order chi connectivity index (χ0) is 50.3. The van der Waals surface area contributed by atoms with Gasteiger partial charge in [-0.05, 0) is 122 Å². The molecule has 5 heteroatoms. The molecule has 8 rings (SSSR count). The molecule has 5 aromatic carbocycles. The van der Waals surface area contributed by atoms with Crippen molar-refractivity contribution in [2.45, 2.75) is 160 Å². The summed E-state index contributed by atoms with van der Waals surface area (Å²) in [7, 11) is 0. The molecular weight excluding hydrogens is 841 g/mol. The molecule has 0 aliphatic carbocycles. The van der Waals surface area contributed by atoms with Crippen molar-refractivity contribution in [3.8, 4) is 28.4 Å². The average Bonchev–Trinajstić information content (AvgIpc) is 3.83. The Bertz CT molecular complexity index is 3040. The predicted octanol–water partition coefficient (Wildman–Crippen LogP) is 18.4. The van der Waals surface area contributed by atoms with E-state index in [1.807, 2.05) is 6.20 Å². The highest BCUT2D eigenvalue weighted by Gasteiger charge is 2.42. The van der Waals surface area contributed by atoms with Gasteiger partial charge in [-0.1, -0.05) is 174 Å². The van der Waals surface area contributed by atoms with Crippen LogP contribution in [-0.4, -0.2) is 16.2 Å². The Labute approximate surface area is 415 Å². The van der Waals surface area contributed by atoms with Gasteiger partial charge in [-0.2, -0.15) is 0 Å². The van der Waals surface area contributed by atoms with Crippen molar-refractivity contribution in [1.29, 1.82) is 0 Å². The number of hydrogen-bond donors (Lipinski definition) is 0. The molecule has 0 atom stereocenters. The molecule has 0 unspecified atom stereocenters.